The molecule has 1 atom stereocenters. The van der Waals surface area contributed by atoms with Gasteiger partial charge in [0.25, 0.3) is 11.8 Å². The normalized spacial score (nSPS) is 14.0. The molecule has 0 fully saturated rings. The summed E-state index contributed by atoms with van der Waals surface area (Å²) in [6.45, 7) is 0.277. The number of hydrogen-bond acceptors (Lipinski definition) is 7. The third-order valence-corrected chi connectivity index (χ3v) is 5.49. The second-order valence-electron chi connectivity index (χ2n) is 6.65. The van der Waals surface area contributed by atoms with Gasteiger partial charge in [-0.1, -0.05) is 53.8 Å². The van der Waals surface area contributed by atoms with Crippen LogP contribution in [0, 0.1) is 0 Å². The molecule has 1 aliphatic rings. The average Bonchev–Trinajstić information content (AvgIpc) is 3.30. The minimum absolute atomic E-state index is 0.182. The van der Waals surface area contributed by atoms with Crippen LogP contribution >= 0.6 is 11.3 Å². The number of rotatable bonds is 7. The molecule has 3 aromatic rings. The van der Waals surface area contributed by atoms with Crippen LogP contribution in [0.25, 0.3) is 0 Å². The van der Waals surface area contributed by atoms with Crippen LogP contribution < -0.4 is 5.32 Å². The highest BCUT2D eigenvalue weighted by molar-refractivity contribution is 7.15. The summed E-state index contributed by atoms with van der Waals surface area (Å²) in [6.07, 6.45) is 0.182. The Kier molecular flexibility index (Phi) is 5.64. The van der Waals surface area contributed by atoms with Gasteiger partial charge in [-0.3, -0.25) is 24.6 Å². The lowest BCUT2D eigenvalue weighted by Crippen LogP contribution is -2.48. The maximum absolute atomic E-state index is 13.2. The number of imide groups is 1. The number of fused-ring (bicyclic) bond motifs is 1. The predicted octanol–water partition coefficient (Wildman–Crippen LogP) is 2.53. The molecular formula is C21H18N4O4S. The third kappa shape index (κ3) is 3.85. The van der Waals surface area contributed by atoms with Gasteiger partial charge in [-0.15, -0.1) is 10.2 Å². The van der Waals surface area contributed by atoms with Gasteiger partial charge in [-0.05, 0) is 17.7 Å². The Balaban J connectivity index is 1.63. The van der Waals surface area contributed by atoms with Crippen LogP contribution in [0.1, 0.15) is 31.3 Å². The molecule has 0 radical (unpaired) electrons. The standard InChI is InChI=1S/C21H18N4O4S/c1-29-12-17-23-24-21(30-17)22-18(26)16(11-13-7-3-2-4-8-13)25-19(27)14-9-5-6-10-15(14)20(25)28/h2-10,16H,11-12H2,1H3,(H,22,24,26)/t16-/m1/s1. The average molecular weight is 422 g/mol. The van der Waals surface area contributed by atoms with Gasteiger partial charge in [-0.25, -0.2) is 0 Å². The maximum Gasteiger partial charge on any atom is 0.262 e. The number of nitrogens with zero attached hydrogens (tertiary/aromatic N) is 3. The highest BCUT2D eigenvalue weighted by Gasteiger charge is 2.42. The molecule has 0 saturated carbocycles. The molecule has 30 heavy (non-hydrogen) atoms. The number of nitrogens with one attached hydrogen (secondary N) is 1. The summed E-state index contributed by atoms with van der Waals surface area (Å²) in [4.78, 5) is 40.1. The molecule has 1 aliphatic heterocycles. The van der Waals surface area contributed by atoms with E-state index in [1.807, 2.05) is 30.3 Å². The maximum atomic E-state index is 13.2. The third-order valence-electron chi connectivity index (χ3n) is 4.68. The van der Waals surface area contributed by atoms with Crippen molar-refractivity contribution in [3.63, 3.8) is 0 Å². The zero-order valence-electron chi connectivity index (χ0n) is 16.1. The summed E-state index contributed by atoms with van der Waals surface area (Å²) in [5.41, 5.74) is 1.42. The van der Waals surface area contributed by atoms with Crippen LogP contribution in [0.15, 0.2) is 54.6 Å². The Morgan fingerprint density at radius 3 is 2.30 bits per heavy atom. The molecule has 2 heterocycles. The Hall–Kier alpha value is -3.43. The first kappa shape index (κ1) is 19.9. The van der Waals surface area contributed by atoms with Crippen LogP contribution in [-0.2, 0) is 22.6 Å². The van der Waals surface area contributed by atoms with Crippen LogP contribution in [0.4, 0.5) is 5.13 Å². The van der Waals surface area contributed by atoms with Crippen LogP contribution in [0.3, 0.4) is 0 Å². The lowest BCUT2D eigenvalue weighted by atomic mass is 10.0. The number of anilines is 1. The minimum atomic E-state index is -1.03. The van der Waals surface area contributed by atoms with Gasteiger partial charge in [0.05, 0.1) is 11.1 Å². The molecule has 0 spiro atoms. The van der Waals surface area contributed by atoms with E-state index in [9.17, 15) is 14.4 Å². The van der Waals surface area contributed by atoms with Gasteiger partial charge < -0.3 is 4.74 Å². The molecule has 9 heteroatoms. The number of carbonyl (C=O) groups is 3. The molecule has 1 aromatic heterocycles. The molecule has 1 N–H and O–H groups in total. The van der Waals surface area contributed by atoms with Crippen molar-refractivity contribution < 1.29 is 19.1 Å². The van der Waals surface area contributed by atoms with E-state index >= 15 is 0 Å². The molecule has 0 unspecified atom stereocenters. The molecular weight excluding hydrogens is 404 g/mol. The van der Waals surface area contributed by atoms with Gasteiger partial charge in [-0.2, -0.15) is 0 Å². The number of methoxy groups -OCH3 is 1. The Bertz CT molecular complexity index is 1060. The highest BCUT2D eigenvalue weighted by Crippen LogP contribution is 2.27. The second kappa shape index (κ2) is 8.52. The van der Waals surface area contributed by atoms with Crippen molar-refractivity contribution in [2.24, 2.45) is 0 Å². The van der Waals surface area contributed by atoms with Gasteiger partial charge >= 0.3 is 0 Å². The Morgan fingerprint density at radius 2 is 1.67 bits per heavy atom. The first-order chi connectivity index (χ1) is 14.6. The quantitative estimate of drug-likeness (QED) is 0.587. The van der Waals surface area contributed by atoms with Crippen molar-refractivity contribution in [3.05, 3.63) is 76.3 Å². The van der Waals surface area contributed by atoms with Crippen molar-refractivity contribution in [3.8, 4) is 0 Å². The fourth-order valence-electron chi connectivity index (χ4n) is 3.30. The van der Waals surface area contributed by atoms with E-state index in [2.05, 4.69) is 15.5 Å². The van der Waals surface area contributed by atoms with E-state index in [4.69, 9.17) is 4.74 Å². The van der Waals surface area contributed by atoms with E-state index in [0.29, 0.717) is 16.1 Å². The van der Waals surface area contributed by atoms with E-state index in [0.717, 1.165) is 10.5 Å². The number of benzene rings is 2. The van der Waals surface area contributed by atoms with Crippen LogP contribution in [0.5, 0.6) is 0 Å². The smallest absolute Gasteiger partial charge is 0.262 e. The monoisotopic (exact) mass is 422 g/mol. The molecule has 4 rings (SSSR count). The summed E-state index contributed by atoms with van der Waals surface area (Å²) in [5, 5.41) is 11.5. The summed E-state index contributed by atoms with van der Waals surface area (Å²) in [5.74, 6) is -1.47. The molecule has 3 amide bonds. The zero-order valence-corrected chi connectivity index (χ0v) is 16.9. The molecule has 0 aliphatic carbocycles. The van der Waals surface area contributed by atoms with Crippen molar-refractivity contribution in [1.29, 1.82) is 0 Å². The summed E-state index contributed by atoms with van der Waals surface area (Å²) >= 11 is 1.17. The molecule has 0 saturated heterocycles. The topological polar surface area (TPSA) is 101 Å². The van der Waals surface area contributed by atoms with Crippen molar-refractivity contribution in [2.45, 2.75) is 19.1 Å². The summed E-state index contributed by atoms with van der Waals surface area (Å²) < 4.78 is 5.02. The molecule has 152 valence electrons. The van der Waals surface area contributed by atoms with E-state index < -0.39 is 23.8 Å². The number of ether oxygens (including phenoxy) is 1. The molecule has 0 bridgehead atoms. The van der Waals surface area contributed by atoms with Gasteiger partial charge in [0, 0.05) is 13.5 Å². The minimum Gasteiger partial charge on any atom is -0.377 e. The summed E-state index contributed by atoms with van der Waals surface area (Å²) in [6, 6.07) is 14.8. The van der Waals surface area contributed by atoms with Crippen LogP contribution in [0.2, 0.25) is 0 Å². The summed E-state index contributed by atoms with van der Waals surface area (Å²) in [7, 11) is 1.54. The lowest BCUT2D eigenvalue weighted by molar-refractivity contribution is -0.119. The molecule has 2 aromatic carbocycles. The number of amides is 3. The number of carbonyl (C=O) groups excluding carboxylic acids is 3. The van der Waals surface area contributed by atoms with Gasteiger partial charge in [0.1, 0.15) is 17.7 Å². The van der Waals surface area contributed by atoms with Crippen molar-refractivity contribution in [2.75, 3.05) is 12.4 Å². The van der Waals surface area contributed by atoms with Gasteiger partial charge in [0.15, 0.2) is 0 Å². The first-order valence-corrected chi connectivity index (χ1v) is 10.0. The van der Waals surface area contributed by atoms with E-state index in [1.165, 1.54) is 18.4 Å². The number of aromatic nitrogens is 2. The first-order valence-electron chi connectivity index (χ1n) is 9.21. The SMILES string of the molecule is COCc1nnc(NC(=O)[C@@H](Cc2ccccc2)N2C(=O)c3ccccc3C2=O)s1. The Labute approximate surface area is 176 Å². The Morgan fingerprint density at radius 1 is 1.03 bits per heavy atom. The van der Waals surface area contributed by atoms with E-state index in [1.54, 1.807) is 24.3 Å². The van der Waals surface area contributed by atoms with Crippen LogP contribution in [-0.4, -0.2) is 46.0 Å². The molecule has 8 nitrogen and oxygen atoms in total. The fourth-order valence-corrected chi connectivity index (χ4v) is 4.02. The number of hydrogen-bond donors (Lipinski definition) is 1. The second-order valence-corrected chi connectivity index (χ2v) is 7.72. The van der Waals surface area contributed by atoms with Crippen molar-refractivity contribution >= 4 is 34.2 Å². The largest absolute Gasteiger partial charge is 0.377 e. The van der Waals surface area contributed by atoms with Crippen molar-refractivity contribution in [1.82, 2.24) is 15.1 Å². The predicted molar refractivity (Wildman–Crippen MR) is 110 cm³/mol. The van der Waals surface area contributed by atoms with E-state index in [-0.39, 0.29) is 18.2 Å². The highest BCUT2D eigenvalue weighted by atomic mass is 32.1. The zero-order chi connectivity index (χ0) is 21.1. The lowest BCUT2D eigenvalue weighted by Gasteiger charge is -2.25. The fraction of sp³-hybridized carbons (Fsp3) is 0.190. The van der Waals surface area contributed by atoms with Gasteiger partial charge in [0.2, 0.25) is 11.0 Å².